The van der Waals surface area contributed by atoms with Gasteiger partial charge in [-0.05, 0) is 28.1 Å². The number of hydrogen-bond acceptors (Lipinski definition) is 2. The zero-order valence-corrected chi connectivity index (χ0v) is 11.0. The zero-order valence-electron chi connectivity index (χ0n) is 9.41. The Kier molecular flexibility index (Phi) is 3.66. The van der Waals surface area contributed by atoms with E-state index in [1.54, 1.807) is 12.4 Å². The van der Waals surface area contributed by atoms with E-state index < -0.39 is 5.97 Å². The molecule has 0 radical (unpaired) electrons. The van der Waals surface area contributed by atoms with Crippen molar-refractivity contribution in [2.75, 3.05) is 0 Å². The molecule has 0 aliphatic carbocycles. The fourth-order valence-corrected chi connectivity index (χ4v) is 2.11. The molecule has 2 rings (SSSR count). The highest BCUT2D eigenvalue weighted by atomic mass is 79.9. The van der Waals surface area contributed by atoms with Gasteiger partial charge in [0.25, 0.3) is 0 Å². The van der Waals surface area contributed by atoms with E-state index in [0.29, 0.717) is 0 Å². The van der Waals surface area contributed by atoms with Crippen LogP contribution in [0.3, 0.4) is 0 Å². The van der Waals surface area contributed by atoms with Crippen LogP contribution in [-0.4, -0.2) is 20.2 Å². The topological polar surface area (TPSA) is 64.2 Å². The highest BCUT2D eigenvalue weighted by Gasteiger charge is 2.08. The Morgan fingerprint density at radius 1 is 1.28 bits per heavy atom. The molecule has 0 aliphatic heterocycles. The van der Waals surface area contributed by atoms with Crippen molar-refractivity contribution < 1.29 is 9.90 Å². The average molecular weight is 311 g/mol. The first-order chi connectivity index (χ1) is 8.59. The quantitative estimate of drug-likeness (QED) is 0.937. The van der Waals surface area contributed by atoms with Gasteiger partial charge in [0.1, 0.15) is 0 Å². The maximum atomic E-state index is 12.0. The molecule has 0 aliphatic rings. The molecule has 0 unspecified atom stereocenters. The summed E-state index contributed by atoms with van der Waals surface area (Å²) in [5.74, 6) is -0.921. The smallest absolute Gasteiger partial charge is 0.332 e. The van der Waals surface area contributed by atoms with Crippen LogP contribution in [0.2, 0.25) is 0 Å². The largest absolute Gasteiger partial charge is 0.481 e. The maximum Gasteiger partial charge on any atom is 0.332 e. The Bertz CT molecular complexity index is 630. The number of imidazole rings is 1. The molecule has 5 nitrogen and oxygen atoms in total. The predicted octanol–water partition coefficient (Wildman–Crippen LogP) is 1.88. The summed E-state index contributed by atoms with van der Waals surface area (Å²) in [6.07, 6.45) is 3.15. The van der Waals surface area contributed by atoms with Crippen molar-refractivity contribution in [3.05, 3.63) is 51.6 Å². The predicted molar refractivity (Wildman–Crippen MR) is 70.0 cm³/mol. The van der Waals surface area contributed by atoms with Gasteiger partial charge in [-0.15, -0.1) is 0 Å². The summed E-state index contributed by atoms with van der Waals surface area (Å²) < 4.78 is 3.67. The minimum absolute atomic E-state index is 0.0696. The molecule has 6 heteroatoms. The summed E-state index contributed by atoms with van der Waals surface area (Å²) in [7, 11) is 0. The molecule has 94 valence electrons. The van der Waals surface area contributed by atoms with Crippen LogP contribution in [0.25, 0.3) is 5.69 Å². The summed E-state index contributed by atoms with van der Waals surface area (Å²) in [6.45, 7) is 0.172. The third kappa shape index (κ3) is 2.53. The number of aryl methyl sites for hydroxylation is 1. The van der Waals surface area contributed by atoms with Crippen molar-refractivity contribution in [2.45, 2.75) is 13.0 Å². The summed E-state index contributed by atoms with van der Waals surface area (Å²) in [5.41, 5.74) is 0.486. The van der Waals surface area contributed by atoms with E-state index in [1.165, 1.54) is 9.13 Å². The maximum absolute atomic E-state index is 12.0. The van der Waals surface area contributed by atoms with Crippen LogP contribution in [-0.2, 0) is 11.3 Å². The summed E-state index contributed by atoms with van der Waals surface area (Å²) in [4.78, 5) is 22.5. The van der Waals surface area contributed by atoms with E-state index >= 15 is 0 Å². The van der Waals surface area contributed by atoms with Crippen LogP contribution in [0.4, 0.5) is 0 Å². The van der Waals surface area contributed by atoms with E-state index in [1.807, 2.05) is 24.3 Å². The minimum atomic E-state index is -0.921. The Labute approximate surface area is 111 Å². The van der Waals surface area contributed by atoms with Crippen molar-refractivity contribution in [3.8, 4) is 5.69 Å². The number of para-hydroxylation sites is 1. The molecule has 0 spiro atoms. The first-order valence-corrected chi connectivity index (χ1v) is 6.13. The fourth-order valence-electron chi connectivity index (χ4n) is 1.63. The van der Waals surface area contributed by atoms with Gasteiger partial charge >= 0.3 is 11.7 Å². The van der Waals surface area contributed by atoms with Crippen LogP contribution in [0, 0.1) is 0 Å². The number of aliphatic carboxylic acids is 1. The van der Waals surface area contributed by atoms with Gasteiger partial charge in [-0.25, -0.2) is 4.79 Å². The third-order valence-electron chi connectivity index (χ3n) is 2.53. The fraction of sp³-hybridized carbons (Fsp3) is 0.167. The molecular formula is C12H11BrN2O3. The molecule has 1 aromatic heterocycles. The van der Waals surface area contributed by atoms with Gasteiger partial charge in [0, 0.05) is 23.4 Å². The number of aromatic nitrogens is 2. The highest BCUT2D eigenvalue weighted by molar-refractivity contribution is 9.10. The molecule has 2 aromatic rings. The SMILES string of the molecule is O=C(O)CCn1ccn(-c2ccccc2Br)c1=O. The third-order valence-corrected chi connectivity index (χ3v) is 3.20. The summed E-state index contributed by atoms with van der Waals surface area (Å²) >= 11 is 3.38. The lowest BCUT2D eigenvalue weighted by molar-refractivity contribution is -0.137. The van der Waals surface area contributed by atoms with Gasteiger partial charge < -0.3 is 5.11 Å². The molecular weight excluding hydrogens is 300 g/mol. The van der Waals surface area contributed by atoms with Crippen molar-refractivity contribution in [2.24, 2.45) is 0 Å². The Morgan fingerprint density at radius 3 is 2.67 bits per heavy atom. The summed E-state index contributed by atoms with van der Waals surface area (Å²) in [6, 6.07) is 7.35. The van der Waals surface area contributed by atoms with Gasteiger partial charge in [0.2, 0.25) is 0 Å². The molecule has 0 fully saturated rings. The van der Waals surface area contributed by atoms with Crippen LogP contribution < -0.4 is 5.69 Å². The van der Waals surface area contributed by atoms with Crippen molar-refractivity contribution in [3.63, 3.8) is 0 Å². The number of carboxylic acids is 1. The van der Waals surface area contributed by atoms with Gasteiger partial charge in [0.15, 0.2) is 0 Å². The monoisotopic (exact) mass is 310 g/mol. The van der Waals surface area contributed by atoms with Crippen molar-refractivity contribution in [1.29, 1.82) is 0 Å². The molecule has 0 amide bonds. The van der Waals surface area contributed by atoms with Crippen molar-refractivity contribution >= 4 is 21.9 Å². The molecule has 1 aromatic carbocycles. The Hall–Kier alpha value is -1.82. The van der Waals surface area contributed by atoms with Gasteiger partial charge in [0.05, 0.1) is 12.1 Å². The highest BCUT2D eigenvalue weighted by Crippen LogP contribution is 2.18. The van der Waals surface area contributed by atoms with E-state index in [0.717, 1.165) is 10.2 Å². The standard InChI is InChI=1S/C12H11BrN2O3/c13-9-3-1-2-4-10(9)15-8-7-14(12(15)18)6-5-11(16)17/h1-4,7-8H,5-6H2,(H,16,17). The number of carboxylic acid groups (broad SMARTS) is 1. The van der Waals surface area contributed by atoms with E-state index in [9.17, 15) is 9.59 Å². The van der Waals surface area contributed by atoms with Crippen molar-refractivity contribution in [1.82, 2.24) is 9.13 Å². The molecule has 0 saturated carbocycles. The number of hydrogen-bond donors (Lipinski definition) is 1. The van der Waals surface area contributed by atoms with Gasteiger partial charge in [-0.1, -0.05) is 12.1 Å². The molecule has 1 heterocycles. The summed E-state index contributed by atoms with van der Waals surface area (Å²) in [5, 5.41) is 8.60. The second-order valence-corrected chi connectivity index (χ2v) is 4.59. The van der Waals surface area contributed by atoms with Crippen LogP contribution in [0.5, 0.6) is 0 Å². The number of rotatable bonds is 4. The molecule has 0 bridgehead atoms. The number of halogens is 1. The van der Waals surface area contributed by atoms with Crippen LogP contribution in [0.15, 0.2) is 45.9 Å². The second kappa shape index (κ2) is 5.22. The number of benzene rings is 1. The molecule has 0 saturated heterocycles. The minimum Gasteiger partial charge on any atom is -0.481 e. The van der Waals surface area contributed by atoms with Crippen LogP contribution >= 0.6 is 15.9 Å². The molecule has 1 N–H and O–H groups in total. The lowest BCUT2D eigenvalue weighted by Crippen LogP contribution is -2.24. The van der Waals surface area contributed by atoms with Crippen LogP contribution in [0.1, 0.15) is 6.42 Å². The second-order valence-electron chi connectivity index (χ2n) is 3.74. The molecule has 18 heavy (non-hydrogen) atoms. The first kappa shape index (κ1) is 12.6. The number of nitrogens with zero attached hydrogens (tertiary/aromatic N) is 2. The first-order valence-electron chi connectivity index (χ1n) is 5.34. The van der Waals surface area contributed by atoms with Gasteiger partial charge in [-0.3, -0.25) is 13.9 Å². The van der Waals surface area contributed by atoms with E-state index in [-0.39, 0.29) is 18.7 Å². The van der Waals surface area contributed by atoms with Gasteiger partial charge in [-0.2, -0.15) is 0 Å². The lowest BCUT2D eigenvalue weighted by Gasteiger charge is -2.03. The van der Waals surface area contributed by atoms with E-state index in [4.69, 9.17) is 5.11 Å². The zero-order chi connectivity index (χ0) is 13.1. The number of carbonyl (C=O) groups is 1. The normalized spacial score (nSPS) is 10.5. The average Bonchev–Trinajstić information content (AvgIpc) is 2.69. The molecule has 0 atom stereocenters. The van der Waals surface area contributed by atoms with E-state index in [2.05, 4.69) is 15.9 Å². The Balaban J connectivity index is 2.34. The Morgan fingerprint density at radius 2 is 2.00 bits per heavy atom. The lowest BCUT2D eigenvalue weighted by atomic mass is 10.3.